The molecule has 4 aromatic rings. The van der Waals surface area contributed by atoms with Crippen LogP contribution in [0.2, 0.25) is 0 Å². The quantitative estimate of drug-likeness (QED) is 0.0900. The van der Waals surface area contributed by atoms with E-state index in [-0.39, 0.29) is 69.1 Å². The van der Waals surface area contributed by atoms with E-state index in [2.05, 4.69) is 26.3 Å². The smallest absolute Gasteiger partial charge is 0.245 e. The zero-order valence-electron chi connectivity index (χ0n) is 34.2. The number of likely N-dealkylation sites (N-methyl/N-ethyl adjacent to an activating group) is 3. The van der Waals surface area contributed by atoms with Gasteiger partial charge in [0.05, 0.1) is 55.0 Å². The first-order valence-corrected chi connectivity index (χ1v) is 20.3. The van der Waals surface area contributed by atoms with Crippen molar-refractivity contribution in [2.24, 2.45) is 11.8 Å². The van der Waals surface area contributed by atoms with Crippen LogP contribution in [0.4, 0.5) is 17.6 Å². The molecule has 5 N–H and O–H groups in total. The van der Waals surface area contributed by atoms with Gasteiger partial charge in [-0.25, -0.2) is 22.5 Å². The van der Waals surface area contributed by atoms with Gasteiger partial charge in [0, 0.05) is 42.4 Å². The van der Waals surface area contributed by atoms with Crippen LogP contribution in [0.5, 0.6) is 0 Å². The molecule has 6 unspecified atom stereocenters. The first kappa shape index (κ1) is 43.7. The minimum Gasteiger partial charge on any atom is -0.352 e. The van der Waals surface area contributed by atoms with Gasteiger partial charge in [-0.1, -0.05) is 13.8 Å². The van der Waals surface area contributed by atoms with E-state index in [1.54, 1.807) is 38.2 Å². The van der Waals surface area contributed by atoms with Crippen LogP contribution < -0.4 is 21.3 Å². The van der Waals surface area contributed by atoms with Crippen LogP contribution >= 0.6 is 0 Å². The number of aromatic amines is 1. The second kappa shape index (κ2) is 19.0. The molecule has 1 saturated carbocycles. The predicted molar refractivity (Wildman–Crippen MR) is 217 cm³/mol. The number of rotatable bonds is 15. The van der Waals surface area contributed by atoms with Crippen molar-refractivity contribution in [2.75, 3.05) is 47.3 Å². The maximum absolute atomic E-state index is 15.3. The SMILES string of the molecule is CNCC(=O)NC(C(=O)N1CC(F)CC1Cn1c(-c2[nH]c3cc(F)ccc3c2CC2CC(F)CN2C(=O)C(NC)C2CC2)nc2cc(F)ccc21)C(C)C.CNCC=O. The molecule has 320 valence electrons. The summed E-state index contributed by atoms with van der Waals surface area (Å²) in [6.45, 7) is 3.98. The van der Waals surface area contributed by atoms with E-state index in [4.69, 9.17) is 4.98 Å². The Kier molecular flexibility index (Phi) is 14.1. The van der Waals surface area contributed by atoms with Crippen LogP contribution in [-0.4, -0.2) is 132 Å². The zero-order valence-corrected chi connectivity index (χ0v) is 34.2. The maximum Gasteiger partial charge on any atom is 0.245 e. The number of nitrogens with zero attached hydrogens (tertiary/aromatic N) is 4. The van der Waals surface area contributed by atoms with Crippen LogP contribution in [0.25, 0.3) is 33.5 Å². The van der Waals surface area contributed by atoms with Gasteiger partial charge in [0.25, 0.3) is 0 Å². The summed E-state index contributed by atoms with van der Waals surface area (Å²) in [5.74, 6) is -1.63. The van der Waals surface area contributed by atoms with Crippen molar-refractivity contribution < 1.29 is 36.7 Å². The molecule has 13 nitrogen and oxygen atoms in total. The number of hydrogen-bond donors (Lipinski definition) is 5. The molecule has 2 saturated heterocycles. The number of carbonyl (C=O) groups is 4. The molecule has 0 spiro atoms. The lowest BCUT2D eigenvalue weighted by atomic mass is 9.99. The Morgan fingerprint density at radius 1 is 0.915 bits per heavy atom. The topological polar surface area (TPSA) is 156 Å². The molecular formula is C42H55F4N9O4. The molecule has 6 atom stereocenters. The van der Waals surface area contributed by atoms with Crippen molar-refractivity contribution in [3.05, 3.63) is 53.6 Å². The van der Waals surface area contributed by atoms with Crippen molar-refractivity contribution in [1.82, 2.24) is 45.6 Å². The average Bonchev–Trinajstić information content (AvgIpc) is 3.53. The fourth-order valence-corrected chi connectivity index (χ4v) is 8.51. The summed E-state index contributed by atoms with van der Waals surface area (Å²) >= 11 is 0. The third kappa shape index (κ3) is 9.79. The number of imidazole rings is 1. The lowest BCUT2D eigenvalue weighted by molar-refractivity contribution is -0.138. The summed E-state index contributed by atoms with van der Waals surface area (Å²) in [5.41, 5.74) is 2.46. The summed E-state index contributed by atoms with van der Waals surface area (Å²) in [5, 5.41) is 12.0. The van der Waals surface area contributed by atoms with Gasteiger partial charge < -0.3 is 45.4 Å². The van der Waals surface area contributed by atoms with E-state index in [1.807, 2.05) is 18.4 Å². The Morgan fingerprint density at radius 3 is 2.19 bits per heavy atom. The van der Waals surface area contributed by atoms with Crippen molar-refractivity contribution >= 4 is 45.9 Å². The van der Waals surface area contributed by atoms with Crippen LogP contribution in [0.1, 0.15) is 45.1 Å². The number of carbonyl (C=O) groups excluding carboxylic acids is 4. The number of likely N-dealkylation sites (tertiary alicyclic amines) is 2. The molecule has 2 aromatic carbocycles. The Morgan fingerprint density at radius 2 is 1.58 bits per heavy atom. The molecule has 7 rings (SSSR count). The first-order chi connectivity index (χ1) is 28.3. The lowest BCUT2D eigenvalue weighted by Gasteiger charge is -2.31. The second-order valence-electron chi connectivity index (χ2n) is 16.2. The highest BCUT2D eigenvalue weighted by atomic mass is 19.1. The predicted octanol–water partition coefficient (Wildman–Crippen LogP) is 3.65. The van der Waals surface area contributed by atoms with Gasteiger partial charge in [-0.3, -0.25) is 14.4 Å². The van der Waals surface area contributed by atoms with E-state index >= 15 is 8.78 Å². The van der Waals surface area contributed by atoms with Crippen molar-refractivity contribution in [1.29, 1.82) is 0 Å². The van der Waals surface area contributed by atoms with Crippen molar-refractivity contribution in [2.45, 2.75) is 89.0 Å². The second-order valence-corrected chi connectivity index (χ2v) is 16.2. The van der Waals surface area contributed by atoms with E-state index < -0.39 is 54.1 Å². The summed E-state index contributed by atoms with van der Waals surface area (Å²) in [6.07, 6.45) is 0.525. The van der Waals surface area contributed by atoms with Crippen LogP contribution in [0, 0.1) is 23.5 Å². The number of benzene rings is 2. The maximum atomic E-state index is 15.3. The van der Waals surface area contributed by atoms with Crippen molar-refractivity contribution in [3.63, 3.8) is 0 Å². The van der Waals surface area contributed by atoms with Gasteiger partial charge in [-0.15, -0.1) is 0 Å². The molecule has 2 aromatic heterocycles. The number of aromatic nitrogens is 3. The number of hydrogen-bond acceptors (Lipinski definition) is 8. The molecule has 3 fully saturated rings. The molecular weight excluding hydrogens is 771 g/mol. The monoisotopic (exact) mass is 825 g/mol. The van der Waals surface area contributed by atoms with Crippen LogP contribution in [0.15, 0.2) is 36.4 Å². The fourth-order valence-electron chi connectivity index (χ4n) is 8.51. The number of nitrogens with one attached hydrogen (secondary N) is 5. The molecule has 3 aliphatic rings. The van der Waals surface area contributed by atoms with Gasteiger partial charge in [-0.05, 0) is 88.1 Å². The number of amides is 3. The Balaban J connectivity index is 0.00000110. The minimum absolute atomic E-state index is 0.0126. The van der Waals surface area contributed by atoms with Crippen molar-refractivity contribution in [3.8, 4) is 11.5 Å². The summed E-state index contributed by atoms with van der Waals surface area (Å²) in [7, 11) is 5.10. The molecule has 3 amide bonds. The standard InChI is InChI=1S/C39H48F4N8O3.C3H7NO/c1-20(2)34(48-33(52)16-44-3)38(53)50-18-25(43)12-27(50)19-51-32-10-8-23(41)14-31(32)47-37(51)36-29(28-9-7-22(40)13-30(28)46-36)15-26-11-24(42)17-49(26)39(54)35(45-4)21-5-6-21;1-4-2-3-5/h7-10,13-14,20-21,24-27,34-35,44-46H,5-6,11-12,15-19H2,1-4H3,(H,48,52);3-4H,2H2,1H3. The van der Waals surface area contributed by atoms with E-state index in [1.165, 1.54) is 29.2 Å². The number of aldehydes is 1. The molecule has 4 heterocycles. The van der Waals surface area contributed by atoms with E-state index in [0.29, 0.717) is 45.6 Å². The van der Waals surface area contributed by atoms with Gasteiger partial charge >= 0.3 is 0 Å². The number of H-pyrrole nitrogens is 1. The molecule has 1 aliphatic carbocycles. The number of fused-ring (bicyclic) bond motifs is 2. The van der Waals surface area contributed by atoms with Gasteiger partial charge in [-0.2, -0.15) is 0 Å². The summed E-state index contributed by atoms with van der Waals surface area (Å²) in [6, 6.07) is 6.05. The van der Waals surface area contributed by atoms with E-state index in [0.717, 1.165) is 19.1 Å². The normalized spacial score (nSPS) is 21.5. The Labute approximate surface area is 341 Å². The Bertz CT molecular complexity index is 2140. The van der Waals surface area contributed by atoms with Gasteiger partial charge in [0.1, 0.15) is 36.3 Å². The highest BCUT2D eigenvalue weighted by molar-refractivity contribution is 5.92. The zero-order chi connectivity index (χ0) is 42.5. The minimum atomic E-state index is -1.32. The highest BCUT2D eigenvalue weighted by Gasteiger charge is 2.44. The molecule has 0 bridgehead atoms. The first-order valence-electron chi connectivity index (χ1n) is 20.3. The number of halogens is 4. The summed E-state index contributed by atoms with van der Waals surface area (Å²) in [4.78, 5) is 61.0. The van der Waals surface area contributed by atoms with Gasteiger partial charge in [0.2, 0.25) is 17.7 Å². The third-order valence-corrected chi connectivity index (χ3v) is 11.5. The van der Waals surface area contributed by atoms with Crippen LogP contribution in [0.3, 0.4) is 0 Å². The Hall–Kier alpha value is -4.87. The fraction of sp³-hybridized carbons (Fsp3) is 0.548. The lowest BCUT2D eigenvalue weighted by Crippen LogP contribution is -2.54. The molecule has 59 heavy (non-hydrogen) atoms. The number of alkyl halides is 2. The molecule has 2 aliphatic heterocycles. The highest BCUT2D eigenvalue weighted by Crippen LogP contribution is 2.39. The van der Waals surface area contributed by atoms with Crippen LogP contribution in [-0.2, 0) is 32.1 Å². The van der Waals surface area contributed by atoms with Gasteiger partial charge in [0.15, 0.2) is 5.82 Å². The van der Waals surface area contributed by atoms with E-state index in [9.17, 15) is 28.0 Å². The third-order valence-electron chi connectivity index (χ3n) is 11.5. The largest absolute Gasteiger partial charge is 0.352 e. The molecule has 0 radical (unpaired) electrons. The summed E-state index contributed by atoms with van der Waals surface area (Å²) < 4.78 is 61.7. The molecule has 17 heteroatoms. The average molecular weight is 826 g/mol.